The number of aliphatic hydroxyl groups excluding tert-OH is 3. The number of rotatable bonds is 3. The van der Waals surface area contributed by atoms with E-state index < -0.39 is 41.5 Å². The first kappa shape index (κ1) is 20.0. The summed E-state index contributed by atoms with van der Waals surface area (Å²) in [5.41, 5.74) is -0.655. The zero-order valence-corrected chi connectivity index (χ0v) is 15.3. The number of benzene rings is 2. The van der Waals surface area contributed by atoms with E-state index in [1.165, 1.54) is 24.3 Å². The second-order valence-corrected chi connectivity index (χ2v) is 6.84. The molecular weight excluding hydrogens is 400 g/mol. The van der Waals surface area contributed by atoms with Crippen molar-refractivity contribution in [2.75, 3.05) is 6.61 Å². The van der Waals surface area contributed by atoms with Gasteiger partial charge >= 0.3 is 0 Å². The molecule has 3 aromatic rings. The summed E-state index contributed by atoms with van der Waals surface area (Å²) in [4.78, 5) is 13.1. The molecule has 2 heterocycles. The Hall–Kier alpha value is -3.31. The first-order valence-electron chi connectivity index (χ1n) is 8.91. The average molecular weight is 418 g/mol. The quantitative estimate of drug-likeness (QED) is 0.350. The van der Waals surface area contributed by atoms with Crippen LogP contribution >= 0.6 is 0 Å². The minimum Gasteiger partial charge on any atom is -0.508 e. The second-order valence-electron chi connectivity index (χ2n) is 6.84. The molecule has 0 saturated carbocycles. The predicted molar refractivity (Wildman–Crippen MR) is 101 cm³/mol. The molecule has 6 N–H and O–H groups in total. The Labute approximate surface area is 168 Å². The van der Waals surface area contributed by atoms with Crippen molar-refractivity contribution in [2.45, 2.75) is 24.6 Å². The standard InChI is InChI=1S/C20H18O10/c21-9-3-1-8(2-4-9)18-19(30-20-17(27)15(25)12(24)7-28-20)16(26)14-11(23)5-10(22)6-13(14)29-18/h1-6,12,15,17,20-25,27H,7H2/t12-,15-,17-,20+/m0/s1. The van der Waals surface area contributed by atoms with Gasteiger partial charge in [-0.25, -0.2) is 0 Å². The molecule has 10 nitrogen and oxygen atoms in total. The molecule has 158 valence electrons. The van der Waals surface area contributed by atoms with E-state index in [-0.39, 0.29) is 34.8 Å². The second kappa shape index (κ2) is 7.50. The molecule has 4 atom stereocenters. The van der Waals surface area contributed by atoms with Crippen LogP contribution in [0.3, 0.4) is 0 Å². The van der Waals surface area contributed by atoms with Gasteiger partial charge in [-0.1, -0.05) is 0 Å². The molecule has 0 amide bonds. The molecule has 1 aromatic heterocycles. The van der Waals surface area contributed by atoms with Crippen LogP contribution in [0.4, 0.5) is 0 Å². The summed E-state index contributed by atoms with van der Waals surface area (Å²) in [7, 11) is 0. The van der Waals surface area contributed by atoms with Crippen LogP contribution in [-0.4, -0.2) is 61.8 Å². The lowest BCUT2D eigenvalue weighted by Gasteiger charge is -2.34. The number of hydrogen-bond acceptors (Lipinski definition) is 10. The van der Waals surface area contributed by atoms with Crippen LogP contribution in [0.25, 0.3) is 22.3 Å². The Bertz CT molecular complexity index is 1140. The molecular formula is C20H18O10. The van der Waals surface area contributed by atoms with E-state index >= 15 is 0 Å². The third-order valence-electron chi connectivity index (χ3n) is 4.74. The third kappa shape index (κ3) is 3.42. The van der Waals surface area contributed by atoms with E-state index in [0.29, 0.717) is 5.56 Å². The molecule has 0 aliphatic carbocycles. The van der Waals surface area contributed by atoms with Crippen LogP contribution in [0.2, 0.25) is 0 Å². The molecule has 1 saturated heterocycles. The zero-order chi connectivity index (χ0) is 21.6. The van der Waals surface area contributed by atoms with Crippen molar-refractivity contribution in [3.05, 3.63) is 46.6 Å². The lowest BCUT2D eigenvalue weighted by atomic mass is 10.1. The normalized spacial score (nSPS) is 24.1. The van der Waals surface area contributed by atoms with Crippen molar-refractivity contribution in [1.82, 2.24) is 0 Å². The highest BCUT2D eigenvalue weighted by Crippen LogP contribution is 2.37. The predicted octanol–water partition coefficient (Wildman–Crippen LogP) is 0.395. The first-order valence-corrected chi connectivity index (χ1v) is 8.91. The van der Waals surface area contributed by atoms with Gasteiger partial charge in [-0.2, -0.15) is 0 Å². The van der Waals surface area contributed by atoms with Crippen molar-refractivity contribution in [3.63, 3.8) is 0 Å². The highest BCUT2D eigenvalue weighted by molar-refractivity contribution is 5.88. The highest BCUT2D eigenvalue weighted by Gasteiger charge is 2.40. The Kier molecular flexibility index (Phi) is 5.00. The van der Waals surface area contributed by atoms with E-state index in [1.807, 2.05) is 0 Å². The number of aromatic hydroxyl groups is 3. The number of hydrogen-bond donors (Lipinski definition) is 6. The Morgan fingerprint density at radius 3 is 2.33 bits per heavy atom. The van der Waals surface area contributed by atoms with Crippen LogP contribution in [0.15, 0.2) is 45.6 Å². The third-order valence-corrected chi connectivity index (χ3v) is 4.74. The zero-order valence-electron chi connectivity index (χ0n) is 15.3. The van der Waals surface area contributed by atoms with Gasteiger partial charge in [0.15, 0.2) is 5.76 Å². The smallest absolute Gasteiger partial charge is 0.239 e. The van der Waals surface area contributed by atoms with E-state index in [4.69, 9.17) is 13.9 Å². The minimum absolute atomic E-state index is 0.0391. The van der Waals surface area contributed by atoms with Crippen LogP contribution in [-0.2, 0) is 4.74 Å². The fourth-order valence-corrected chi connectivity index (χ4v) is 3.18. The molecule has 0 unspecified atom stereocenters. The van der Waals surface area contributed by atoms with Gasteiger partial charge in [-0.3, -0.25) is 4.79 Å². The number of aliphatic hydroxyl groups is 3. The van der Waals surface area contributed by atoms with Crippen LogP contribution in [0.1, 0.15) is 0 Å². The summed E-state index contributed by atoms with van der Waals surface area (Å²) in [6.07, 6.45) is -6.10. The van der Waals surface area contributed by atoms with E-state index in [2.05, 4.69) is 0 Å². The van der Waals surface area contributed by atoms with Gasteiger partial charge in [-0.05, 0) is 24.3 Å². The molecule has 0 radical (unpaired) electrons. The molecule has 1 fully saturated rings. The summed E-state index contributed by atoms with van der Waals surface area (Å²) in [6, 6.07) is 7.65. The Morgan fingerprint density at radius 1 is 0.933 bits per heavy atom. The van der Waals surface area contributed by atoms with Gasteiger partial charge < -0.3 is 44.5 Å². The van der Waals surface area contributed by atoms with Crippen molar-refractivity contribution in [3.8, 4) is 34.3 Å². The summed E-state index contributed by atoms with van der Waals surface area (Å²) in [5.74, 6) is -1.50. The molecule has 1 aliphatic heterocycles. The summed E-state index contributed by atoms with van der Waals surface area (Å²) in [6.45, 7) is -0.352. The van der Waals surface area contributed by atoms with E-state index in [0.717, 1.165) is 12.1 Å². The maximum Gasteiger partial charge on any atom is 0.239 e. The summed E-state index contributed by atoms with van der Waals surface area (Å²) >= 11 is 0. The largest absolute Gasteiger partial charge is 0.508 e. The molecule has 10 heteroatoms. The van der Waals surface area contributed by atoms with Crippen molar-refractivity contribution in [1.29, 1.82) is 0 Å². The summed E-state index contributed by atoms with van der Waals surface area (Å²) < 4.78 is 16.4. The Balaban J connectivity index is 1.90. The molecule has 0 spiro atoms. The van der Waals surface area contributed by atoms with Gasteiger partial charge in [0.1, 0.15) is 46.5 Å². The molecule has 2 aromatic carbocycles. The van der Waals surface area contributed by atoms with Crippen LogP contribution < -0.4 is 10.2 Å². The number of ether oxygens (including phenoxy) is 2. The Morgan fingerprint density at radius 2 is 1.63 bits per heavy atom. The fraction of sp³-hybridized carbons (Fsp3) is 0.250. The topological polar surface area (TPSA) is 170 Å². The first-order chi connectivity index (χ1) is 14.3. The van der Waals surface area contributed by atoms with Gasteiger partial charge in [0.05, 0.1) is 6.61 Å². The maximum atomic E-state index is 13.1. The average Bonchev–Trinajstić information content (AvgIpc) is 2.70. The van der Waals surface area contributed by atoms with Crippen LogP contribution in [0.5, 0.6) is 23.0 Å². The van der Waals surface area contributed by atoms with Gasteiger partial charge in [-0.15, -0.1) is 0 Å². The van der Waals surface area contributed by atoms with Crippen molar-refractivity contribution >= 4 is 11.0 Å². The van der Waals surface area contributed by atoms with Crippen LogP contribution in [0, 0.1) is 0 Å². The highest BCUT2D eigenvalue weighted by atomic mass is 16.7. The SMILES string of the molecule is O=c1c(O[C@H]2OC[C@H](O)[C@H](O)[C@@H]2O)c(-c2ccc(O)cc2)oc2cc(O)cc(O)c12. The van der Waals surface area contributed by atoms with Crippen molar-refractivity contribution in [2.24, 2.45) is 0 Å². The number of fused-ring (bicyclic) bond motifs is 1. The monoisotopic (exact) mass is 418 g/mol. The lowest BCUT2D eigenvalue weighted by Crippen LogP contribution is -2.55. The van der Waals surface area contributed by atoms with E-state index in [9.17, 15) is 35.4 Å². The van der Waals surface area contributed by atoms with Gasteiger partial charge in [0.2, 0.25) is 17.5 Å². The van der Waals surface area contributed by atoms with Gasteiger partial charge in [0, 0.05) is 17.7 Å². The lowest BCUT2D eigenvalue weighted by molar-refractivity contribution is -0.242. The minimum atomic E-state index is -1.68. The van der Waals surface area contributed by atoms with Gasteiger partial charge in [0.25, 0.3) is 0 Å². The van der Waals surface area contributed by atoms with Crippen molar-refractivity contribution < 1.29 is 44.5 Å². The molecule has 30 heavy (non-hydrogen) atoms. The molecule has 0 bridgehead atoms. The molecule has 4 rings (SSSR count). The summed E-state index contributed by atoms with van der Waals surface area (Å²) in [5, 5.41) is 58.7. The molecule has 1 aliphatic rings. The maximum absolute atomic E-state index is 13.1. The fourth-order valence-electron chi connectivity index (χ4n) is 3.18. The van der Waals surface area contributed by atoms with E-state index in [1.54, 1.807) is 0 Å². The number of phenols is 3. The number of phenolic OH excluding ortho intramolecular Hbond substituents is 3.